The van der Waals surface area contributed by atoms with Gasteiger partial charge in [0.1, 0.15) is 6.04 Å². The van der Waals surface area contributed by atoms with Crippen LogP contribution in [0.5, 0.6) is 0 Å². The molecular formula is C9H14N2O2S. The lowest BCUT2D eigenvalue weighted by molar-refractivity contribution is -0.142. The summed E-state index contributed by atoms with van der Waals surface area (Å²) in [5.74, 6) is -0.243. The first-order valence-electron chi connectivity index (χ1n) is 4.35. The van der Waals surface area contributed by atoms with Gasteiger partial charge in [-0.1, -0.05) is 0 Å². The molecule has 1 aromatic rings. The number of nitrogens with one attached hydrogen (secondary N) is 1. The van der Waals surface area contributed by atoms with Gasteiger partial charge in [0.15, 0.2) is 0 Å². The number of thiazole rings is 1. The second-order valence-electron chi connectivity index (χ2n) is 2.99. The first-order chi connectivity index (χ1) is 6.65. The largest absolute Gasteiger partial charge is 0.468 e. The van der Waals surface area contributed by atoms with Gasteiger partial charge in [0.05, 0.1) is 18.3 Å². The Labute approximate surface area is 87.3 Å². The van der Waals surface area contributed by atoms with E-state index in [1.807, 2.05) is 6.92 Å². The summed E-state index contributed by atoms with van der Waals surface area (Å²) in [6.07, 6.45) is 0. The normalized spacial score (nSPS) is 12.5. The summed E-state index contributed by atoms with van der Waals surface area (Å²) in [6, 6.07) is -0.276. The number of nitrogens with zero attached hydrogens (tertiary/aromatic N) is 1. The van der Waals surface area contributed by atoms with Crippen molar-refractivity contribution in [3.63, 3.8) is 0 Å². The Bertz CT molecular complexity index is 312. The van der Waals surface area contributed by atoms with Crippen molar-refractivity contribution in [2.45, 2.75) is 26.4 Å². The maximum absolute atomic E-state index is 11.1. The minimum Gasteiger partial charge on any atom is -0.468 e. The van der Waals surface area contributed by atoms with Crippen molar-refractivity contribution in [3.8, 4) is 0 Å². The summed E-state index contributed by atoms with van der Waals surface area (Å²) in [4.78, 5) is 16.3. The van der Waals surface area contributed by atoms with Crippen LogP contribution in [0.3, 0.4) is 0 Å². The molecule has 0 saturated carbocycles. The van der Waals surface area contributed by atoms with Gasteiger partial charge in [0.25, 0.3) is 0 Å². The van der Waals surface area contributed by atoms with Gasteiger partial charge in [0.2, 0.25) is 0 Å². The molecule has 0 spiro atoms. The van der Waals surface area contributed by atoms with Crippen molar-refractivity contribution in [2.75, 3.05) is 7.11 Å². The van der Waals surface area contributed by atoms with Gasteiger partial charge in [-0.25, -0.2) is 4.98 Å². The minimum atomic E-state index is -0.276. The highest BCUT2D eigenvalue weighted by Gasteiger charge is 2.12. The number of aryl methyl sites for hydroxylation is 1. The van der Waals surface area contributed by atoms with E-state index in [-0.39, 0.29) is 12.0 Å². The molecule has 0 aliphatic carbocycles. The third kappa shape index (κ3) is 2.78. The van der Waals surface area contributed by atoms with Crippen LogP contribution in [0.4, 0.5) is 0 Å². The van der Waals surface area contributed by atoms with Crippen LogP contribution >= 0.6 is 11.3 Å². The molecular weight excluding hydrogens is 200 g/mol. The standard InChI is InChI=1S/C9H14N2O2S/c1-6-8(14-5-11-6)4-10-7(2)9(12)13-3/h5,7,10H,4H2,1-3H3. The van der Waals surface area contributed by atoms with E-state index in [9.17, 15) is 4.79 Å². The first kappa shape index (κ1) is 11.1. The molecule has 0 fully saturated rings. The molecule has 1 N–H and O–H groups in total. The number of hydrogen-bond donors (Lipinski definition) is 1. The van der Waals surface area contributed by atoms with Crippen LogP contribution in [0.25, 0.3) is 0 Å². The van der Waals surface area contributed by atoms with Gasteiger partial charge in [-0.05, 0) is 13.8 Å². The lowest BCUT2D eigenvalue weighted by atomic mass is 10.3. The topological polar surface area (TPSA) is 51.2 Å². The molecule has 1 atom stereocenters. The minimum absolute atomic E-state index is 0.243. The molecule has 1 heterocycles. The van der Waals surface area contributed by atoms with E-state index in [0.717, 1.165) is 10.6 Å². The zero-order valence-corrected chi connectivity index (χ0v) is 9.35. The van der Waals surface area contributed by atoms with Crippen molar-refractivity contribution in [1.82, 2.24) is 10.3 Å². The van der Waals surface area contributed by atoms with Crippen LogP contribution in [0.15, 0.2) is 5.51 Å². The van der Waals surface area contributed by atoms with E-state index in [4.69, 9.17) is 0 Å². The first-order valence-corrected chi connectivity index (χ1v) is 5.23. The molecule has 1 aromatic heterocycles. The third-order valence-electron chi connectivity index (χ3n) is 1.97. The van der Waals surface area contributed by atoms with E-state index in [1.54, 1.807) is 23.8 Å². The molecule has 0 aliphatic rings. The molecule has 5 heteroatoms. The lowest BCUT2D eigenvalue weighted by Gasteiger charge is -2.10. The highest BCUT2D eigenvalue weighted by molar-refractivity contribution is 7.09. The number of aromatic nitrogens is 1. The Hall–Kier alpha value is -0.940. The Morgan fingerprint density at radius 1 is 1.79 bits per heavy atom. The summed E-state index contributed by atoms with van der Waals surface area (Å²) in [7, 11) is 1.39. The number of carbonyl (C=O) groups excluding carboxylic acids is 1. The van der Waals surface area contributed by atoms with E-state index in [0.29, 0.717) is 6.54 Å². The molecule has 0 bridgehead atoms. The van der Waals surface area contributed by atoms with Gasteiger partial charge < -0.3 is 4.74 Å². The van der Waals surface area contributed by atoms with Crippen LogP contribution in [-0.2, 0) is 16.1 Å². The SMILES string of the molecule is COC(=O)C(C)NCc1scnc1C. The zero-order valence-electron chi connectivity index (χ0n) is 8.53. The van der Waals surface area contributed by atoms with Gasteiger partial charge in [-0.2, -0.15) is 0 Å². The fraction of sp³-hybridized carbons (Fsp3) is 0.556. The van der Waals surface area contributed by atoms with Crippen LogP contribution in [0, 0.1) is 6.92 Å². The van der Waals surface area contributed by atoms with Crippen LogP contribution < -0.4 is 5.32 Å². The third-order valence-corrected chi connectivity index (χ3v) is 2.90. The Morgan fingerprint density at radius 2 is 2.50 bits per heavy atom. The summed E-state index contributed by atoms with van der Waals surface area (Å²) >= 11 is 1.59. The monoisotopic (exact) mass is 214 g/mol. The molecule has 0 aromatic carbocycles. The van der Waals surface area contributed by atoms with Crippen molar-refractivity contribution in [3.05, 3.63) is 16.1 Å². The van der Waals surface area contributed by atoms with Crippen molar-refractivity contribution < 1.29 is 9.53 Å². The van der Waals surface area contributed by atoms with E-state index < -0.39 is 0 Å². The number of carbonyl (C=O) groups is 1. The molecule has 1 rings (SSSR count). The van der Waals surface area contributed by atoms with E-state index >= 15 is 0 Å². The van der Waals surface area contributed by atoms with Crippen LogP contribution in [-0.4, -0.2) is 24.1 Å². The van der Waals surface area contributed by atoms with Crippen molar-refractivity contribution >= 4 is 17.3 Å². The molecule has 4 nitrogen and oxygen atoms in total. The quantitative estimate of drug-likeness (QED) is 0.763. The molecule has 78 valence electrons. The second-order valence-corrected chi connectivity index (χ2v) is 3.93. The number of esters is 1. The predicted molar refractivity (Wildman–Crippen MR) is 55.2 cm³/mol. The van der Waals surface area contributed by atoms with Gasteiger partial charge in [-0.3, -0.25) is 10.1 Å². The summed E-state index contributed by atoms with van der Waals surface area (Å²) < 4.78 is 4.60. The highest BCUT2D eigenvalue weighted by Crippen LogP contribution is 2.11. The summed E-state index contributed by atoms with van der Waals surface area (Å²) in [5.41, 5.74) is 2.81. The molecule has 14 heavy (non-hydrogen) atoms. The Balaban J connectivity index is 2.41. The number of methoxy groups -OCH3 is 1. The molecule has 0 amide bonds. The fourth-order valence-electron chi connectivity index (χ4n) is 1.00. The average Bonchev–Trinajstić information content (AvgIpc) is 2.59. The second kappa shape index (κ2) is 5.07. The van der Waals surface area contributed by atoms with Crippen LogP contribution in [0.2, 0.25) is 0 Å². The molecule has 1 unspecified atom stereocenters. The summed E-state index contributed by atoms with van der Waals surface area (Å²) in [6.45, 7) is 4.39. The molecule has 0 saturated heterocycles. The van der Waals surface area contributed by atoms with Gasteiger partial charge >= 0.3 is 5.97 Å². The maximum atomic E-state index is 11.1. The van der Waals surface area contributed by atoms with E-state index in [2.05, 4.69) is 15.0 Å². The molecule has 0 aliphatic heterocycles. The van der Waals surface area contributed by atoms with Crippen molar-refractivity contribution in [2.24, 2.45) is 0 Å². The van der Waals surface area contributed by atoms with Gasteiger partial charge in [-0.15, -0.1) is 11.3 Å². The smallest absolute Gasteiger partial charge is 0.322 e. The number of hydrogen-bond acceptors (Lipinski definition) is 5. The maximum Gasteiger partial charge on any atom is 0.322 e. The highest BCUT2D eigenvalue weighted by atomic mass is 32.1. The van der Waals surface area contributed by atoms with Crippen LogP contribution in [0.1, 0.15) is 17.5 Å². The predicted octanol–water partition coefficient (Wildman–Crippen LogP) is 1.10. The Kier molecular flexibility index (Phi) is 4.03. The zero-order chi connectivity index (χ0) is 10.6. The number of rotatable bonds is 4. The summed E-state index contributed by atoms with van der Waals surface area (Å²) in [5, 5.41) is 3.07. The van der Waals surface area contributed by atoms with Gasteiger partial charge in [0, 0.05) is 11.4 Å². The number of ether oxygens (including phenoxy) is 1. The fourth-order valence-corrected chi connectivity index (χ4v) is 1.73. The van der Waals surface area contributed by atoms with Crippen molar-refractivity contribution in [1.29, 1.82) is 0 Å². The van der Waals surface area contributed by atoms with E-state index in [1.165, 1.54) is 7.11 Å². The lowest BCUT2D eigenvalue weighted by Crippen LogP contribution is -2.34. The average molecular weight is 214 g/mol. The Morgan fingerprint density at radius 3 is 3.00 bits per heavy atom. The molecule has 0 radical (unpaired) electrons.